The lowest BCUT2D eigenvalue weighted by Crippen LogP contribution is -2.27. The minimum atomic E-state index is -0.152. The van der Waals surface area contributed by atoms with Crippen molar-refractivity contribution >= 4 is 11.9 Å². The second-order valence-corrected chi connectivity index (χ2v) is 4.15. The third-order valence-corrected chi connectivity index (χ3v) is 2.47. The average Bonchev–Trinajstić information content (AvgIpc) is 3.00. The van der Waals surface area contributed by atoms with Crippen LogP contribution in [-0.4, -0.2) is 43.3 Å². The lowest BCUT2D eigenvalue weighted by atomic mass is 10.2. The molecule has 104 valence electrons. The predicted octanol–water partition coefficient (Wildman–Crippen LogP) is -0.666. The highest BCUT2D eigenvalue weighted by molar-refractivity contribution is 5.38. The van der Waals surface area contributed by atoms with E-state index in [-0.39, 0.29) is 17.8 Å². The molecule has 0 saturated heterocycles. The molecule has 2 rings (SSSR count). The third-order valence-electron chi connectivity index (χ3n) is 2.47. The van der Waals surface area contributed by atoms with E-state index in [0.29, 0.717) is 12.5 Å². The Kier molecular flexibility index (Phi) is 4.02. The minimum Gasteiger partial charge on any atom is -0.342 e. The van der Waals surface area contributed by atoms with E-state index in [4.69, 9.17) is 11.1 Å². The van der Waals surface area contributed by atoms with Crippen molar-refractivity contribution in [3.8, 4) is 12.0 Å². The fraction of sp³-hybridized carbons (Fsp3) is 0.400. The Hall–Kier alpha value is -2.80. The summed E-state index contributed by atoms with van der Waals surface area (Å²) in [6, 6.07) is 2.16. The van der Waals surface area contributed by atoms with Gasteiger partial charge in [-0.1, -0.05) is 0 Å². The maximum Gasteiger partial charge on any atom is 0.258 e. The van der Waals surface area contributed by atoms with Gasteiger partial charge in [-0.2, -0.15) is 30.0 Å². The van der Waals surface area contributed by atoms with Gasteiger partial charge in [0.1, 0.15) is 12.7 Å². The zero-order valence-corrected chi connectivity index (χ0v) is 11.1. The van der Waals surface area contributed by atoms with Gasteiger partial charge in [-0.25, -0.2) is 10.8 Å². The van der Waals surface area contributed by atoms with Crippen molar-refractivity contribution in [3.05, 3.63) is 12.7 Å². The van der Waals surface area contributed by atoms with Crippen LogP contribution in [0, 0.1) is 17.2 Å². The molecule has 0 saturated carbocycles. The maximum atomic E-state index is 8.85. The first-order valence-corrected chi connectivity index (χ1v) is 5.82. The number of aromatic nitrogens is 6. The van der Waals surface area contributed by atoms with Gasteiger partial charge in [-0.05, 0) is 6.92 Å². The first kappa shape index (κ1) is 13.6. The van der Waals surface area contributed by atoms with Crippen LogP contribution in [0.3, 0.4) is 0 Å². The molecule has 1 atom stereocenters. The number of nitrogens with two attached hydrogens (primary N) is 1. The number of nitrogen functional groups attached to an aromatic ring is 1. The third kappa shape index (κ3) is 2.96. The topological polar surface area (TPSA) is 134 Å². The number of anilines is 2. The Morgan fingerprint density at radius 2 is 2.30 bits per heavy atom. The number of hydrogen-bond donors (Lipinski definition) is 2. The molecule has 1 unspecified atom stereocenters. The molecule has 0 bridgehead atoms. The van der Waals surface area contributed by atoms with Crippen LogP contribution in [0.5, 0.6) is 0 Å². The molecule has 0 aromatic carbocycles. The number of hydrogen-bond acceptors (Lipinski definition) is 9. The monoisotopic (exact) mass is 274 g/mol. The van der Waals surface area contributed by atoms with Gasteiger partial charge in [0, 0.05) is 13.6 Å². The Balaban J connectivity index is 2.34. The molecule has 0 radical (unpaired) electrons. The zero-order valence-electron chi connectivity index (χ0n) is 11.1. The summed E-state index contributed by atoms with van der Waals surface area (Å²) in [5.41, 5.74) is 2.38. The van der Waals surface area contributed by atoms with Gasteiger partial charge in [0.05, 0.1) is 12.0 Å². The molecule has 2 heterocycles. The second kappa shape index (κ2) is 5.89. The van der Waals surface area contributed by atoms with Crippen LogP contribution in [0.4, 0.5) is 11.9 Å². The Bertz CT molecular complexity index is 601. The molecule has 2 aromatic rings. The highest BCUT2D eigenvalue weighted by Crippen LogP contribution is 2.12. The van der Waals surface area contributed by atoms with E-state index >= 15 is 0 Å². The van der Waals surface area contributed by atoms with Crippen molar-refractivity contribution in [2.75, 3.05) is 23.9 Å². The molecule has 10 nitrogen and oxygen atoms in total. The lowest BCUT2D eigenvalue weighted by molar-refractivity contribution is 0.694. The molecule has 0 aliphatic heterocycles. The maximum absolute atomic E-state index is 8.85. The van der Waals surface area contributed by atoms with Gasteiger partial charge >= 0.3 is 0 Å². The van der Waals surface area contributed by atoms with Crippen LogP contribution in [0.25, 0.3) is 5.95 Å². The molecule has 10 heteroatoms. The fourth-order valence-electron chi connectivity index (χ4n) is 1.54. The summed E-state index contributed by atoms with van der Waals surface area (Å²) in [5, 5.41) is 12.8. The fourth-order valence-corrected chi connectivity index (χ4v) is 1.54. The number of hydrazine groups is 1. The normalized spacial score (nSPS) is 11.7. The van der Waals surface area contributed by atoms with E-state index in [2.05, 4.69) is 36.5 Å². The highest BCUT2D eigenvalue weighted by atomic mass is 15.4. The van der Waals surface area contributed by atoms with E-state index in [0.717, 1.165) is 0 Å². The van der Waals surface area contributed by atoms with Crippen LogP contribution >= 0.6 is 0 Å². The van der Waals surface area contributed by atoms with Crippen LogP contribution in [0.1, 0.15) is 6.92 Å². The van der Waals surface area contributed by atoms with Crippen LogP contribution in [0.2, 0.25) is 0 Å². The van der Waals surface area contributed by atoms with Crippen molar-refractivity contribution in [1.29, 1.82) is 5.26 Å². The Labute approximate surface area is 115 Å². The summed E-state index contributed by atoms with van der Waals surface area (Å²) in [5.74, 6) is 6.08. The van der Waals surface area contributed by atoms with Crippen LogP contribution in [0.15, 0.2) is 12.7 Å². The summed E-state index contributed by atoms with van der Waals surface area (Å²) >= 11 is 0. The van der Waals surface area contributed by atoms with Crippen molar-refractivity contribution < 1.29 is 0 Å². The molecule has 0 spiro atoms. The number of nitrogens with zero attached hydrogens (tertiary/aromatic N) is 8. The van der Waals surface area contributed by atoms with Crippen molar-refractivity contribution in [2.24, 2.45) is 11.8 Å². The first-order valence-electron chi connectivity index (χ1n) is 5.82. The largest absolute Gasteiger partial charge is 0.342 e. The Morgan fingerprint density at radius 1 is 1.50 bits per heavy atom. The number of nitriles is 1. The molecule has 0 aliphatic carbocycles. The zero-order chi connectivity index (χ0) is 14.5. The predicted molar refractivity (Wildman–Crippen MR) is 70.6 cm³/mol. The van der Waals surface area contributed by atoms with E-state index in [9.17, 15) is 0 Å². The van der Waals surface area contributed by atoms with E-state index in [1.54, 1.807) is 11.9 Å². The van der Waals surface area contributed by atoms with Gasteiger partial charge in [0.2, 0.25) is 11.9 Å². The lowest BCUT2D eigenvalue weighted by Gasteiger charge is -2.18. The van der Waals surface area contributed by atoms with E-state index in [1.807, 2.05) is 6.92 Å². The van der Waals surface area contributed by atoms with Gasteiger partial charge in [0.15, 0.2) is 0 Å². The van der Waals surface area contributed by atoms with Crippen molar-refractivity contribution in [1.82, 2.24) is 29.7 Å². The summed E-state index contributed by atoms with van der Waals surface area (Å²) in [4.78, 5) is 18.1. The quantitative estimate of drug-likeness (QED) is 0.537. The average molecular weight is 274 g/mol. The molecular weight excluding hydrogens is 260 g/mol. The first-order chi connectivity index (χ1) is 9.63. The molecule has 0 aliphatic rings. The number of nitrogens with one attached hydrogen (secondary N) is 1. The van der Waals surface area contributed by atoms with Crippen LogP contribution < -0.4 is 16.2 Å². The van der Waals surface area contributed by atoms with E-state index in [1.165, 1.54) is 17.3 Å². The molecule has 20 heavy (non-hydrogen) atoms. The highest BCUT2D eigenvalue weighted by Gasteiger charge is 2.13. The standard InChI is InChI=1S/C10H14N10/c1-7(3-11)4-19(2)9-15-8(18-12)16-10(17-9)20-6-13-5-14-20/h5-7H,4,12H2,1-2H3,(H,15,16,17,18). The van der Waals surface area contributed by atoms with Gasteiger partial charge in [-0.15, -0.1) is 0 Å². The molecular formula is C10H14N10. The summed E-state index contributed by atoms with van der Waals surface area (Å²) in [6.45, 7) is 2.30. The smallest absolute Gasteiger partial charge is 0.258 e. The minimum absolute atomic E-state index is 0.152. The second-order valence-electron chi connectivity index (χ2n) is 4.15. The molecule has 0 fully saturated rings. The number of rotatable bonds is 5. The van der Waals surface area contributed by atoms with E-state index < -0.39 is 0 Å². The molecule has 2 aromatic heterocycles. The van der Waals surface area contributed by atoms with Crippen molar-refractivity contribution in [3.63, 3.8) is 0 Å². The summed E-state index contributed by atoms with van der Waals surface area (Å²) < 4.78 is 1.40. The van der Waals surface area contributed by atoms with Gasteiger partial charge < -0.3 is 4.90 Å². The molecule has 0 amide bonds. The molecule has 3 N–H and O–H groups in total. The van der Waals surface area contributed by atoms with Crippen molar-refractivity contribution in [2.45, 2.75) is 6.92 Å². The SMILES string of the molecule is CC(C#N)CN(C)c1nc(NN)nc(-n2cncn2)n1. The summed E-state index contributed by atoms with van der Waals surface area (Å²) in [6.07, 6.45) is 2.85. The van der Waals surface area contributed by atoms with Gasteiger partial charge in [0.25, 0.3) is 5.95 Å². The van der Waals surface area contributed by atoms with Gasteiger partial charge in [-0.3, -0.25) is 5.43 Å². The Morgan fingerprint density at radius 3 is 2.90 bits per heavy atom. The van der Waals surface area contributed by atoms with Crippen LogP contribution in [-0.2, 0) is 0 Å². The summed E-state index contributed by atoms with van der Waals surface area (Å²) in [7, 11) is 1.79.